The molecule has 0 fully saturated rings. The van der Waals surface area contributed by atoms with Gasteiger partial charge in [0.25, 0.3) is 10.1 Å². The summed E-state index contributed by atoms with van der Waals surface area (Å²) in [5.41, 5.74) is 0. The normalized spacial score (nSPS) is 14.0. The molecule has 0 aromatic carbocycles. The summed E-state index contributed by atoms with van der Waals surface area (Å²) in [5.74, 6) is -3.40. The molecule has 0 aromatic rings. The van der Waals surface area contributed by atoms with Crippen LogP contribution in [0.2, 0.25) is 0 Å². The summed E-state index contributed by atoms with van der Waals surface area (Å²) in [6.45, 7) is 2.04. The standard InChI is InChI=1S/C12H22O7S.Na/c1-2-3-4-5-6-7-8-12(11(15)16,9-10(13)14)20(17,18)19;/h2-9H2,1H3,(H,13,14)(H,15,16)(H,17,18,19);. The van der Waals surface area contributed by atoms with Crippen molar-refractivity contribution in [1.82, 2.24) is 0 Å². The van der Waals surface area contributed by atoms with Crippen LogP contribution in [0.15, 0.2) is 0 Å². The number of aliphatic carboxylic acids is 2. The Kier molecular flexibility index (Phi) is 11.6. The zero-order valence-electron chi connectivity index (χ0n) is 12.5. The van der Waals surface area contributed by atoms with Crippen LogP contribution >= 0.6 is 0 Å². The third-order valence-electron chi connectivity index (χ3n) is 3.25. The van der Waals surface area contributed by atoms with Gasteiger partial charge in [0.05, 0.1) is 6.42 Å². The molecule has 0 aliphatic rings. The van der Waals surface area contributed by atoms with Gasteiger partial charge in [-0.15, -0.1) is 0 Å². The predicted molar refractivity (Wildman–Crippen MR) is 77.9 cm³/mol. The molecule has 1 radical (unpaired) electrons. The van der Waals surface area contributed by atoms with E-state index in [1.165, 1.54) is 0 Å². The number of rotatable bonds is 11. The number of carbonyl (C=O) groups is 2. The minimum atomic E-state index is -5.00. The van der Waals surface area contributed by atoms with E-state index in [0.29, 0.717) is 6.42 Å². The van der Waals surface area contributed by atoms with Gasteiger partial charge in [0.1, 0.15) is 0 Å². The van der Waals surface area contributed by atoms with Crippen molar-refractivity contribution in [2.45, 2.75) is 63.0 Å². The summed E-state index contributed by atoms with van der Waals surface area (Å²) in [5, 5.41) is 17.7. The summed E-state index contributed by atoms with van der Waals surface area (Å²) >= 11 is 0. The van der Waals surface area contributed by atoms with Gasteiger partial charge in [0, 0.05) is 29.6 Å². The summed E-state index contributed by atoms with van der Waals surface area (Å²) in [6.07, 6.45) is 3.16. The van der Waals surface area contributed by atoms with E-state index in [-0.39, 0.29) is 36.0 Å². The molecule has 21 heavy (non-hydrogen) atoms. The Bertz CT molecular complexity index is 435. The fourth-order valence-electron chi connectivity index (χ4n) is 2.04. The van der Waals surface area contributed by atoms with Crippen LogP contribution in [-0.2, 0) is 19.7 Å². The zero-order valence-corrected chi connectivity index (χ0v) is 15.4. The van der Waals surface area contributed by atoms with Gasteiger partial charge >= 0.3 is 11.9 Å². The molecule has 7 nitrogen and oxygen atoms in total. The van der Waals surface area contributed by atoms with E-state index in [4.69, 9.17) is 14.8 Å². The smallest absolute Gasteiger partial charge is 0.328 e. The van der Waals surface area contributed by atoms with Crippen molar-refractivity contribution >= 4 is 51.6 Å². The molecule has 0 saturated heterocycles. The molecular formula is C12H22NaO7S. The molecule has 0 saturated carbocycles. The predicted octanol–water partition coefficient (Wildman–Crippen LogP) is 1.54. The van der Waals surface area contributed by atoms with Crippen molar-refractivity contribution in [3.63, 3.8) is 0 Å². The third-order valence-corrected chi connectivity index (χ3v) is 4.77. The molecule has 0 heterocycles. The molecule has 119 valence electrons. The van der Waals surface area contributed by atoms with Crippen molar-refractivity contribution in [2.24, 2.45) is 0 Å². The van der Waals surface area contributed by atoms with Crippen LogP contribution < -0.4 is 0 Å². The first-order valence-electron chi connectivity index (χ1n) is 6.59. The second-order valence-corrected chi connectivity index (χ2v) is 6.59. The molecule has 0 aliphatic heterocycles. The molecule has 0 aromatic heterocycles. The average Bonchev–Trinajstić information content (AvgIpc) is 2.29. The maximum atomic E-state index is 11.3. The molecule has 0 spiro atoms. The number of unbranched alkanes of at least 4 members (excludes halogenated alkanes) is 5. The van der Waals surface area contributed by atoms with E-state index < -0.39 is 39.6 Å². The molecule has 1 atom stereocenters. The van der Waals surface area contributed by atoms with E-state index in [2.05, 4.69) is 0 Å². The maximum Gasteiger partial charge on any atom is 0.328 e. The molecule has 3 N–H and O–H groups in total. The number of carboxylic acids is 2. The van der Waals surface area contributed by atoms with Gasteiger partial charge in [-0.05, 0) is 6.42 Å². The minimum absolute atomic E-state index is 0. The van der Waals surface area contributed by atoms with Gasteiger partial charge in [-0.25, -0.2) is 0 Å². The summed E-state index contributed by atoms with van der Waals surface area (Å²) in [7, 11) is -5.00. The number of hydrogen-bond acceptors (Lipinski definition) is 4. The fourth-order valence-corrected chi connectivity index (χ4v) is 2.97. The van der Waals surface area contributed by atoms with Gasteiger partial charge in [-0.1, -0.05) is 45.4 Å². The largest absolute Gasteiger partial charge is 0.481 e. The Morgan fingerprint density at radius 2 is 1.48 bits per heavy atom. The van der Waals surface area contributed by atoms with E-state index in [0.717, 1.165) is 25.7 Å². The van der Waals surface area contributed by atoms with Crippen LogP contribution in [0.5, 0.6) is 0 Å². The van der Waals surface area contributed by atoms with Gasteiger partial charge in [-0.2, -0.15) is 8.42 Å². The Morgan fingerprint density at radius 3 is 1.86 bits per heavy atom. The van der Waals surface area contributed by atoms with Gasteiger partial charge < -0.3 is 10.2 Å². The van der Waals surface area contributed by atoms with Crippen LogP contribution in [0.25, 0.3) is 0 Å². The monoisotopic (exact) mass is 333 g/mol. The molecule has 9 heteroatoms. The summed E-state index contributed by atoms with van der Waals surface area (Å²) in [4.78, 5) is 21.9. The Morgan fingerprint density at radius 1 is 1.00 bits per heavy atom. The maximum absolute atomic E-state index is 11.3. The van der Waals surface area contributed by atoms with E-state index >= 15 is 0 Å². The van der Waals surface area contributed by atoms with Crippen molar-refractivity contribution in [3.05, 3.63) is 0 Å². The van der Waals surface area contributed by atoms with Crippen molar-refractivity contribution in [2.75, 3.05) is 0 Å². The van der Waals surface area contributed by atoms with Crippen LogP contribution in [-0.4, -0.2) is 69.4 Å². The molecule has 0 aliphatic carbocycles. The van der Waals surface area contributed by atoms with Gasteiger partial charge in [0.2, 0.25) is 4.75 Å². The Balaban J connectivity index is 0. The quantitative estimate of drug-likeness (QED) is 0.297. The van der Waals surface area contributed by atoms with Crippen molar-refractivity contribution in [3.8, 4) is 0 Å². The molecule has 0 rings (SSSR count). The molecule has 0 bridgehead atoms. The second kappa shape index (κ2) is 10.6. The first-order chi connectivity index (χ1) is 9.17. The van der Waals surface area contributed by atoms with Crippen LogP contribution in [0.4, 0.5) is 0 Å². The van der Waals surface area contributed by atoms with E-state index in [1.807, 2.05) is 6.92 Å². The van der Waals surface area contributed by atoms with Crippen molar-refractivity contribution < 1.29 is 32.8 Å². The van der Waals surface area contributed by atoms with Gasteiger partial charge in [-0.3, -0.25) is 14.1 Å². The number of hydrogen-bond donors (Lipinski definition) is 3. The summed E-state index contributed by atoms with van der Waals surface area (Å²) in [6, 6.07) is 0. The first-order valence-corrected chi connectivity index (χ1v) is 8.03. The Labute approximate surface area is 147 Å². The van der Waals surface area contributed by atoms with Crippen molar-refractivity contribution in [1.29, 1.82) is 0 Å². The Hall–Kier alpha value is -0.150. The number of carboxylic acid groups (broad SMARTS) is 2. The molecule has 0 amide bonds. The summed E-state index contributed by atoms with van der Waals surface area (Å²) < 4.78 is 29.1. The third kappa shape index (κ3) is 7.60. The van der Waals surface area contributed by atoms with Crippen LogP contribution in [0, 0.1) is 0 Å². The fraction of sp³-hybridized carbons (Fsp3) is 0.833. The van der Waals surface area contributed by atoms with E-state index in [1.54, 1.807) is 0 Å². The van der Waals surface area contributed by atoms with Gasteiger partial charge in [0.15, 0.2) is 0 Å². The van der Waals surface area contributed by atoms with Crippen LogP contribution in [0.3, 0.4) is 0 Å². The second-order valence-electron chi connectivity index (χ2n) is 4.86. The molecule has 1 unspecified atom stereocenters. The van der Waals surface area contributed by atoms with Crippen LogP contribution in [0.1, 0.15) is 58.3 Å². The van der Waals surface area contributed by atoms with E-state index in [9.17, 15) is 18.0 Å². The topological polar surface area (TPSA) is 129 Å². The zero-order chi connectivity index (χ0) is 15.8. The minimum Gasteiger partial charge on any atom is -0.481 e. The first kappa shape index (κ1) is 23.1. The molecular weight excluding hydrogens is 311 g/mol. The SMILES string of the molecule is CCCCCCCCC(CC(=O)O)(C(=O)O)S(=O)(=O)O.[Na]. The average molecular weight is 333 g/mol.